The highest BCUT2D eigenvalue weighted by atomic mass is 32.2. The molecule has 2 heteroatoms. The second kappa shape index (κ2) is 11.1. The average Bonchev–Trinajstić information content (AvgIpc) is 2.83. The summed E-state index contributed by atoms with van der Waals surface area (Å²) in [4.78, 5) is 0. The standard InChI is InChI=1S/C28H26S2/c1-4-10-24(11-5-1)21-29-28(30-22-25-12-6-2-7-13-25)20-23-16-18-27(19-17-23)26-14-8-3-9-15-26/h1-19,28H,20-22H2. The minimum Gasteiger partial charge on any atom is -0.142 e. The van der Waals surface area contributed by atoms with E-state index in [0.29, 0.717) is 4.58 Å². The quantitative estimate of drug-likeness (QED) is 0.248. The molecule has 4 aromatic carbocycles. The second-order valence-electron chi connectivity index (χ2n) is 7.29. The second-order valence-corrected chi connectivity index (χ2v) is 9.97. The van der Waals surface area contributed by atoms with E-state index in [4.69, 9.17) is 0 Å². The van der Waals surface area contributed by atoms with Gasteiger partial charge in [0.2, 0.25) is 0 Å². The Morgan fingerprint density at radius 2 is 0.867 bits per heavy atom. The molecule has 0 heterocycles. The van der Waals surface area contributed by atoms with Crippen molar-refractivity contribution in [1.29, 1.82) is 0 Å². The topological polar surface area (TPSA) is 0 Å². The number of hydrogen-bond acceptors (Lipinski definition) is 2. The van der Waals surface area contributed by atoms with Gasteiger partial charge in [0.05, 0.1) is 4.58 Å². The Morgan fingerprint density at radius 3 is 1.37 bits per heavy atom. The van der Waals surface area contributed by atoms with E-state index in [-0.39, 0.29) is 0 Å². The van der Waals surface area contributed by atoms with Crippen molar-refractivity contribution in [2.75, 3.05) is 0 Å². The van der Waals surface area contributed by atoms with Gasteiger partial charge >= 0.3 is 0 Å². The fourth-order valence-corrected chi connectivity index (χ4v) is 5.90. The van der Waals surface area contributed by atoms with Crippen LogP contribution in [0.5, 0.6) is 0 Å². The molecule has 0 fully saturated rings. The summed E-state index contributed by atoms with van der Waals surface area (Å²) in [5.41, 5.74) is 6.75. The van der Waals surface area contributed by atoms with E-state index in [1.807, 2.05) is 0 Å². The van der Waals surface area contributed by atoms with E-state index in [9.17, 15) is 0 Å². The molecule has 0 aliphatic rings. The van der Waals surface area contributed by atoms with E-state index >= 15 is 0 Å². The molecule has 0 amide bonds. The molecule has 150 valence electrons. The predicted molar refractivity (Wildman–Crippen MR) is 135 cm³/mol. The summed E-state index contributed by atoms with van der Waals surface area (Å²) in [6, 6.07) is 41.3. The van der Waals surface area contributed by atoms with Crippen molar-refractivity contribution in [2.45, 2.75) is 22.5 Å². The van der Waals surface area contributed by atoms with Gasteiger partial charge in [-0.3, -0.25) is 0 Å². The molecule has 0 spiro atoms. The fourth-order valence-electron chi connectivity index (χ4n) is 3.35. The van der Waals surface area contributed by atoms with Gasteiger partial charge in [-0.1, -0.05) is 115 Å². The molecular weight excluding hydrogens is 400 g/mol. The van der Waals surface area contributed by atoms with Crippen LogP contribution in [-0.4, -0.2) is 4.58 Å². The zero-order valence-corrected chi connectivity index (χ0v) is 18.6. The van der Waals surface area contributed by atoms with Crippen LogP contribution < -0.4 is 0 Å². The van der Waals surface area contributed by atoms with Gasteiger partial charge in [0, 0.05) is 11.5 Å². The summed E-state index contributed by atoms with van der Waals surface area (Å²) in [5, 5.41) is 0. The van der Waals surface area contributed by atoms with Crippen LogP contribution in [0, 0.1) is 0 Å². The van der Waals surface area contributed by atoms with Gasteiger partial charge in [-0.2, -0.15) is 0 Å². The van der Waals surface area contributed by atoms with Crippen molar-refractivity contribution in [3.05, 3.63) is 132 Å². The summed E-state index contributed by atoms with van der Waals surface area (Å²) < 4.78 is 0.521. The van der Waals surface area contributed by atoms with Crippen molar-refractivity contribution in [3.63, 3.8) is 0 Å². The van der Waals surface area contributed by atoms with Crippen LogP contribution >= 0.6 is 23.5 Å². The van der Waals surface area contributed by atoms with Crippen LogP contribution in [0.15, 0.2) is 115 Å². The highest BCUT2D eigenvalue weighted by molar-refractivity contribution is 8.16. The van der Waals surface area contributed by atoms with Crippen molar-refractivity contribution in [2.24, 2.45) is 0 Å². The maximum absolute atomic E-state index is 2.29. The summed E-state index contributed by atoms with van der Waals surface area (Å²) in [6.45, 7) is 0. The molecule has 0 unspecified atom stereocenters. The molecule has 0 aromatic heterocycles. The van der Waals surface area contributed by atoms with Gasteiger partial charge in [-0.15, -0.1) is 23.5 Å². The number of thioether (sulfide) groups is 2. The van der Waals surface area contributed by atoms with E-state index in [1.54, 1.807) is 0 Å². The number of hydrogen-bond donors (Lipinski definition) is 0. The molecule has 30 heavy (non-hydrogen) atoms. The largest absolute Gasteiger partial charge is 0.142 e. The van der Waals surface area contributed by atoms with Crippen LogP contribution in [0.3, 0.4) is 0 Å². The minimum atomic E-state index is 0.521. The van der Waals surface area contributed by atoms with Gasteiger partial charge in [0.15, 0.2) is 0 Å². The van der Waals surface area contributed by atoms with Crippen molar-refractivity contribution >= 4 is 23.5 Å². The summed E-state index contributed by atoms with van der Waals surface area (Å²) in [6.07, 6.45) is 1.07. The molecule has 0 N–H and O–H groups in total. The Balaban J connectivity index is 1.42. The molecule has 0 aliphatic heterocycles. The van der Waals surface area contributed by atoms with Crippen LogP contribution in [0.4, 0.5) is 0 Å². The highest BCUT2D eigenvalue weighted by Gasteiger charge is 2.12. The first-order valence-corrected chi connectivity index (χ1v) is 12.4. The molecule has 4 rings (SSSR count). The average molecular weight is 427 g/mol. The molecule has 0 bridgehead atoms. The Kier molecular flexibility index (Phi) is 7.71. The summed E-state index contributed by atoms with van der Waals surface area (Å²) in [7, 11) is 0. The smallest absolute Gasteiger partial charge is 0.0549 e. The maximum Gasteiger partial charge on any atom is 0.0549 e. The minimum absolute atomic E-state index is 0.521. The predicted octanol–water partition coefficient (Wildman–Crippen LogP) is 8.09. The van der Waals surface area contributed by atoms with Crippen molar-refractivity contribution in [1.82, 2.24) is 0 Å². The first kappa shape index (κ1) is 20.8. The molecule has 0 radical (unpaired) electrons. The monoisotopic (exact) mass is 426 g/mol. The van der Waals surface area contributed by atoms with Crippen LogP contribution in [0.25, 0.3) is 11.1 Å². The third kappa shape index (κ3) is 6.29. The lowest BCUT2D eigenvalue weighted by Gasteiger charge is -2.17. The van der Waals surface area contributed by atoms with Crippen molar-refractivity contribution in [3.8, 4) is 11.1 Å². The number of rotatable bonds is 9. The fraction of sp³-hybridized carbons (Fsp3) is 0.143. The van der Waals surface area contributed by atoms with Crippen molar-refractivity contribution < 1.29 is 0 Å². The number of benzene rings is 4. The van der Waals surface area contributed by atoms with Crippen LogP contribution in [-0.2, 0) is 17.9 Å². The molecular formula is C28H26S2. The normalized spacial score (nSPS) is 11.0. The van der Waals surface area contributed by atoms with Gasteiger partial charge in [-0.25, -0.2) is 0 Å². The molecule has 4 aromatic rings. The maximum atomic E-state index is 2.29. The van der Waals surface area contributed by atoms with Gasteiger partial charge < -0.3 is 0 Å². The zero-order chi connectivity index (χ0) is 20.4. The van der Waals surface area contributed by atoms with Gasteiger partial charge in [-0.05, 0) is 34.2 Å². The Hall–Kier alpha value is -2.42. The first-order chi connectivity index (χ1) is 14.9. The summed E-state index contributed by atoms with van der Waals surface area (Å²) >= 11 is 4.10. The third-order valence-corrected chi connectivity index (χ3v) is 7.91. The highest BCUT2D eigenvalue weighted by Crippen LogP contribution is 2.33. The lowest BCUT2D eigenvalue weighted by molar-refractivity contribution is 1.10. The lowest BCUT2D eigenvalue weighted by Crippen LogP contribution is -2.04. The molecule has 0 saturated heterocycles. The molecule has 0 nitrogen and oxygen atoms in total. The van der Waals surface area contributed by atoms with E-state index in [2.05, 4.69) is 139 Å². The Labute approximate surface area is 188 Å². The van der Waals surface area contributed by atoms with E-state index < -0.39 is 0 Å². The van der Waals surface area contributed by atoms with Gasteiger partial charge in [0.25, 0.3) is 0 Å². The SMILES string of the molecule is c1ccc(CSC(Cc2ccc(-c3ccccc3)cc2)SCc2ccccc2)cc1. The Morgan fingerprint density at radius 1 is 0.433 bits per heavy atom. The molecule has 0 atom stereocenters. The first-order valence-electron chi connectivity index (χ1n) is 10.3. The summed E-state index contributed by atoms with van der Waals surface area (Å²) in [5.74, 6) is 2.10. The van der Waals surface area contributed by atoms with Crippen LogP contribution in [0.1, 0.15) is 16.7 Å². The third-order valence-electron chi connectivity index (χ3n) is 5.02. The van der Waals surface area contributed by atoms with Gasteiger partial charge in [0.1, 0.15) is 0 Å². The van der Waals surface area contributed by atoms with E-state index in [1.165, 1.54) is 27.8 Å². The van der Waals surface area contributed by atoms with E-state index in [0.717, 1.165) is 17.9 Å². The molecule has 0 saturated carbocycles. The lowest BCUT2D eigenvalue weighted by atomic mass is 10.0. The zero-order valence-electron chi connectivity index (χ0n) is 17.0. The Bertz CT molecular complexity index is 953. The van der Waals surface area contributed by atoms with Crippen LogP contribution in [0.2, 0.25) is 0 Å². The molecule has 0 aliphatic carbocycles.